The van der Waals surface area contributed by atoms with Gasteiger partial charge >= 0.3 is 0 Å². The Labute approximate surface area is 111 Å². The number of nitrogens with zero attached hydrogens (tertiary/aromatic N) is 2. The van der Waals surface area contributed by atoms with Crippen LogP contribution in [0.4, 0.5) is 0 Å². The van der Waals surface area contributed by atoms with Gasteiger partial charge in [-0.15, -0.1) is 0 Å². The van der Waals surface area contributed by atoms with E-state index >= 15 is 0 Å². The van der Waals surface area contributed by atoms with Crippen molar-refractivity contribution in [2.45, 2.75) is 19.3 Å². The third-order valence-corrected chi connectivity index (χ3v) is 2.97. The summed E-state index contributed by atoms with van der Waals surface area (Å²) in [7, 11) is 0. The van der Waals surface area contributed by atoms with Crippen molar-refractivity contribution < 1.29 is 4.79 Å². The van der Waals surface area contributed by atoms with Crippen LogP contribution in [-0.4, -0.2) is 15.8 Å². The summed E-state index contributed by atoms with van der Waals surface area (Å²) in [4.78, 5) is 19.9. The molecule has 2 aromatic rings. The molecule has 0 N–H and O–H groups in total. The van der Waals surface area contributed by atoms with Gasteiger partial charge in [0.25, 0.3) is 0 Å². The van der Waals surface area contributed by atoms with E-state index in [0.717, 1.165) is 11.3 Å². The molecule has 18 heavy (non-hydrogen) atoms. The second-order valence-corrected chi connectivity index (χ2v) is 4.41. The molecule has 3 nitrogen and oxygen atoms in total. The molecule has 0 amide bonds. The number of hydrogen-bond acceptors (Lipinski definition) is 3. The molecule has 2 heterocycles. The molecule has 0 saturated carbocycles. The predicted molar refractivity (Wildman–Crippen MR) is 70.5 cm³/mol. The number of aryl methyl sites for hydroxylation is 1. The molecule has 0 saturated heterocycles. The van der Waals surface area contributed by atoms with Crippen LogP contribution in [0.25, 0.3) is 0 Å². The highest BCUT2D eigenvalue weighted by Crippen LogP contribution is 2.15. The largest absolute Gasteiger partial charge is 0.299 e. The maximum absolute atomic E-state index is 11.8. The van der Waals surface area contributed by atoms with Crippen molar-refractivity contribution in [3.8, 4) is 0 Å². The summed E-state index contributed by atoms with van der Waals surface area (Å²) in [6.07, 6.45) is 6.45. The first kappa shape index (κ1) is 12.7. The minimum atomic E-state index is 0.161. The van der Waals surface area contributed by atoms with Crippen LogP contribution in [-0.2, 0) is 17.6 Å². The molecule has 0 aliphatic carbocycles. The molecule has 92 valence electrons. The first-order chi connectivity index (χ1) is 8.75. The van der Waals surface area contributed by atoms with Crippen molar-refractivity contribution in [3.05, 3.63) is 59.1 Å². The highest BCUT2D eigenvalue weighted by Gasteiger charge is 2.07. The average Bonchev–Trinajstić information content (AvgIpc) is 2.40. The minimum absolute atomic E-state index is 0.161. The number of Topliss-reactive ketones (excluding diaryl/α,β-unsaturated/α-hetero) is 1. The molecular formula is C14H13ClN2O. The van der Waals surface area contributed by atoms with Crippen LogP contribution < -0.4 is 0 Å². The molecule has 0 fully saturated rings. The van der Waals surface area contributed by atoms with Gasteiger partial charge in [-0.1, -0.05) is 17.7 Å². The van der Waals surface area contributed by atoms with E-state index in [4.69, 9.17) is 11.6 Å². The Hall–Kier alpha value is -1.74. The normalized spacial score (nSPS) is 10.3. The summed E-state index contributed by atoms with van der Waals surface area (Å²) >= 11 is 5.96. The number of halogens is 1. The van der Waals surface area contributed by atoms with Crippen molar-refractivity contribution in [3.63, 3.8) is 0 Å². The number of ketones is 1. The fourth-order valence-electron chi connectivity index (χ4n) is 1.66. The molecule has 0 spiro atoms. The Bertz CT molecular complexity index is 528. The van der Waals surface area contributed by atoms with Gasteiger partial charge in [0.15, 0.2) is 0 Å². The van der Waals surface area contributed by atoms with Crippen LogP contribution in [0.15, 0.2) is 42.9 Å². The lowest BCUT2D eigenvalue weighted by Gasteiger charge is -2.03. The molecule has 0 aliphatic heterocycles. The van der Waals surface area contributed by atoms with Gasteiger partial charge in [0.1, 0.15) is 5.78 Å². The van der Waals surface area contributed by atoms with E-state index in [9.17, 15) is 4.79 Å². The zero-order chi connectivity index (χ0) is 12.8. The SMILES string of the molecule is O=C(CCc1ccccn1)Cc1ccncc1Cl. The number of rotatable bonds is 5. The van der Waals surface area contributed by atoms with E-state index in [1.165, 1.54) is 0 Å². The molecule has 0 aromatic carbocycles. The van der Waals surface area contributed by atoms with Crippen molar-refractivity contribution in [1.29, 1.82) is 0 Å². The Kier molecular flexibility index (Phi) is 4.42. The standard InChI is InChI=1S/C14H13ClN2O/c15-14-10-16-8-6-11(14)9-13(18)5-4-12-3-1-2-7-17-12/h1-3,6-8,10H,4-5,9H2. The van der Waals surface area contributed by atoms with Crippen LogP contribution >= 0.6 is 11.6 Å². The summed E-state index contributed by atoms with van der Waals surface area (Å²) in [5, 5.41) is 0.545. The van der Waals surface area contributed by atoms with E-state index in [1.807, 2.05) is 18.2 Å². The minimum Gasteiger partial charge on any atom is -0.299 e. The van der Waals surface area contributed by atoms with Gasteiger partial charge in [0.2, 0.25) is 0 Å². The van der Waals surface area contributed by atoms with Crippen molar-refractivity contribution in [2.75, 3.05) is 0 Å². The number of hydrogen-bond donors (Lipinski definition) is 0. The number of carbonyl (C=O) groups is 1. The van der Waals surface area contributed by atoms with Gasteiger partial charge in [-0.05, 0) is 30.2 Å². The summed E-state index contributed by atoms with van der Waals surface area (Å²) in [5.41, 5.74) is 1.77. The molecule has 0 aliphatic rings. The van der Waals surface area contributed by atoms with Crippen LogP contribution in [0.2, 0.25) is 5.02 Å². The third-order valence-electron chi connectivity index (χ3n) is 2.63. The van der Waals surface area contributed by atoms with Gasteiger partial charge in [0, 0.05) is 37.1 Å². The lowest BCUT2D eigenvalue weighted by molar-refractivity contribution is -0.118. The Morgan fingerprint density at radius 3 is 2.83 bits per heavy atom. The number of aromatic nitrogens is 2. The molecule has 0 atom stereocenters. The fourth-order valence-corrected chi connectivity index (χ4v) is 1.85. The fraction of sp³-hybridized carbons (Fsp3) is 0.214. The zero-order valence-electron chi connectivity index (χ0n) is 9.84. The van der Waals surface area contributed by atoms with Crippen LogP contribution in [0.3, 0.4) is 0 Å². The number of carbonyl (C=O) groups excluding carboxylic acids is 1. The summed E-state index contributed by atoms with van der Waals surface area (Å²) in [5.74, 6) is 0.161. The van der Waals surface area contributed by atoms with Gasteiger partial charge < -0.3 is 0 Å². The quantitative estimate of drug-likeness (QED) is 0.830. The average molecular weight is 261 g/mol. The Morgan fingerprint density at radius 1 is 1.22 bits per heavy atom. The van der Waals surface area contributed by atoms with Gasteiger partial charge in [-0.2, -0.15) is 0 Å². The molecule has 2 rings (SSSR count). The molecule has 0 unspecified atom stereocenters. The van der Waals surface area contributed by atoms with Crippen LogP contribution in [0.1, 0.15) is 17.7 Å². The lowest BCUT2D eigenvalue weighted by Crippen LogP contribution is -2.05. The summed E-state index contributed by atoms with van der Waals surface area (Å²) in [6, 6.07) is 7.49. The highest BCUT2D eigenvalue weighted by atomic mass is 35.5. The topological polar surface area (TPSA) is 42.9 Å². The zero-order valence-corrected chi connectivity index (χ0v) is 10.6. The van der Waals surface area contributed by atoms with Gasteiger partial charge in [-0.3, -0.25) is 14.8 Å². The Morgan fingerprint density at radius 2 is 2.11 bits per heavy atom. The molecule has 0 bridgehead atoms. The van der Waals surface area contributed by atoms with Crippen LogP contribution in [0.5, 0.6) is 0 Å². The monoisotopic (exact) mass is 260 g/mol. The van der Waals surface area contributed by atoms with E-state index in [1.54, 1.807) is 24.7 Å². The summed E-state index contributed by atoms with van der Waals surface area (Å²) in [6.45, 7) is 0. The van der Waals surface area contributed by atoms with E-state index in [0.29, 0.717) is 24.3 Å². The van der Waals surface area contributed by atoms with E-state index < -0.39 is 0 Å². The first-order valence-corrected chi connectivity index (χ1v) is 6.13. The maximum atomic E-state index is 11.8. The van der Waals surface area contributed by atoms with Gasteiger partial charge in [0.05, 0.1) is 5.02 Å². The van der Waals surface area contributed by atoms with E-state index in [2.05, 4.69) is 9.97 Å². The lowest BCUT2D eigenvalue weighted by atomic mass is 10.1. The van der Waals surface area contributed by atoms with E-state index in [-0.39, 0.29) is 5.78 Å². The van der Waals surface area contributed by atoms with Crippen molar-refractivity contribution >= 4 is 17.4 Å². The Balaban J connectivity index is 1.88. The smallest absolute Gasteiger partial charge is 0.137 e. The molecule has 2 aromatic heterocycles. The second kappa shape index (κ2) is 6.26. The van der Waals surface area contributed by atoms with Crippen molar-refractivity contribution in [2.24, 2.45) is 0 Å². The maximum Gasteiger partial charge on any atom is 0.137 e. The molecular weight excluding hydrogens is 248 g/mol. The highest BCUT2D eigenvalue weighted by molar-refractivity contribution is 6.31. The predicted octanol–water partition coefficient (Wildman–Crippen LogP) is 2.87. The molecule has 0 radical (unpaired) electrons. The van der Waals surface area contributed by atoms with Crippen molar-refractivity contribution in [1.82, 2.24) is 9.97 Å². The molecule has 4 heteroatoms. The second-order valence-electron chi connectivity index (χ2n) is 4.00. The van der Waals surface area contributed by atoms with Gasteiger partial charge in [-0.25, -0.2) is 0 Å². The van der Waals surface area contributed by atoms with Crippen LogP contribution in [0, 0.1) is 0 Å². The number of pyridine rings is 2. The first-order valence-electron chi connectivity index (χ1n) is 5.75. The third kappa shape index (κ3) is 3.64. The summed E-state index contributed by atoms with van der Waals surface area (Å²) < 4.78 is 0.